The van der Waals surface area contributed by atoms with Gasteiger partial charge < -0.3 is 15.4 Å². The van der Waals surface area contributed by atoms with Crippen molar-refractivity contribution in [2.75, 3.05) is 30.3 Å². The highest BCUT2D eigenvalue weighted by Gasteiger charge is 2.16. The van der Waals surface area contributed by atoms with Crippen molar-refractivity contribution in [3.63, 3.8) is 0 Å². The van der Waals surface area contributed by atoms with Crippen LogP contribution in [0.4, 0.5) is 21.7 Å². The lowest BCUT2D eigenvalue weighted by Crippen LogP contribution is -2.29. The van der Waals surface area contributed by atoms with Crippen molar-refractivity contribution in [2.45, 2.75) is 11.8 Å². The number of anilines is 3. The van der Waals surface area contributed by atoms with Gasteiger partial charge in [0.1, 0.15) is 5.82 Å². The van der Waals surface area contributed by atoms with Crippen molar-refractivity contribution in [3.8, 4) is 5.75 Å². The average Bonchev–Trinajstić information content (AvgIpc) is 2.75. The highest BCUT2D eigenvalue weighted by molar-refractivity contribution is 7.89. The highest BCUT2D eigenvalue weighted by Crippen LogP contribution is 2.21. The summed E-state index contributed by atoms with van der Waals surface area (Å²) in [5, 5.41) is 14.1. The molecule has 0 aliphatic rings. The number of nitrogens with one attached hydrogen (secondary N) is 3. The molecular formula is C19H21FN6O3S. The smallest absolute Gasteiger partial charge is 0.240 e. The van der Waals surface area contributed by atoms with Crippen LogP contribution in [0.1, 0.15) is 6.92 Å². The fraction of sp³-hybridized carbons (Fsp3) is 0.211. The molecule has 3 rings (SSSR count). The molecule has 2 heterocycles. The Morgan fingerprint density at radius 1 is 1.00 bits per heavy atom. The number of rotatable bonds is 10. The van der Waals surface area contributed by atoms with Gasteiger partial charge in [0.15, 0.2) is 17.4 Å². The second-order valence-electron chi connectivity index (χ2n) is 6.01. The number of halogens is 1. The molecular weight excluding hydrogens is 411 g/mol. The van der Waals surface area contributed by atoms with Gasteiger partial charge in [-0.2, -0.15) is 0 Å². The molecule has 0 spiro atoms. The van der Waals surface area contributed by atoms with Gasteiger partial charge in [0, 0.05) is 31.2 Å². The predicted octanol–water partition coefficient (Wildman–Crippen LogP) is 2.54. The van der Waals surface area contributed by atoms with Crippen LogP contribution in [0.25, 0.3) is 0 Å². The lowest BCUT2D eigenvalue weighted by Gasteiger charge is -2.10. The molecule has 0 bridgehead atoms. The Balaban J connectivity index is 1.48. The Kier molecular flexibility index (Phi) is 7.09. The van der Waals surface area contributed by atoms with E-state index in [1.807, 2.05) is 0 Å². The first-order chi connectivity index (χ1) is 14.5. The molecule has 30 heavy (non-hydrogen) atoms. The molecule has 0 amide bonds. The summed E-state index contributed by atoms with van der Waals surface area (Å²) in [5.74, 6) is 0.332. The maximum atomic E-state index is 13.9. The normalized spacial score (nSPS) is 11.1. The number of sulfonamides is 1. The Morgan fingerprint density at radius 3 is 2.40 bits per heavy atom. The van der Waals surface area contributed by atoms with Crippen LogP contribution < -0.4 is 20.1 Å². The molecule has 0 aliphatic heterocycles. The van der Waals surface area contributed by atoms with E-state index in [0.29, 0.717) is 11.6 Å². The van der Waals surface area contributed by atoms with Crippen molar-refractivity contribution in [2.24, 2.45) is 0 Å². The van der Waals surface area contributed by atoms with E-state index in [1.165, 1.54) is 12.1 Å². The Bertz CT molecular complexity index is 1070. The molecule has 0 saturated heterocycles. The second-order valence-corrected chi connectivity index (χ2v) is 7.78. The minimum absolute atomic E-state index is 0.0126. The number of pyridine rings is 1. The summed E-state index contributed by atoms with van der Waals surface area (Å²) in [6.07, 6.45) is 3.32. The lowest BCUT2D eigenvalue weighted by atomic mass is 10.3. The quantitative estimate of drug-likeness (QED) is 0.418. The maximum Gasteiger partial charge on any atom is 0.240 e. The zero-order valence-corrected chi connectivity index (χ0v) is 17.0. The van der Waals surface area contributed by atoms with E-state index in [9.17, 15) is 12.8 Å². The van der Waals surface area contributed by atoms with E-state index in [2.05, 4.69) is 30.5 Å². The molecule has 0 fully saturated rings. The number of hydrogen-bond acceptors (Lipinski definition) is 8. The van der Waals surface area contributed by atoms with E-state index in [1.54, 1.807) is 43.6 Å². The minimum atomic E-state index is -3.85. The second kappa shape index (κ2) is 9.94. The van der Waals surface area contributed by atoms with Gasteiger partial charge in [-0.25, -0.2) is 17.5 Å². The van der Waals surface area contributed by atoms with Gasteiger partial charge in [0.2, 0.25) is 10.0 Å². The number of nitrogens with zero attached hydrogens (tertiary/aromatic N) is 3. The number of aromatic nitrogens is 3. The first-order valence-corrected chi connectivity index (χ1v) is 10.6. The first kappa shape index (κ1) is 21.4. The summed E-state index contributed by atoms with van der Waals surface area (Å²) < 4.78 is 46.0. The van der Waals surface area contributed by atoms with E-state index < -0.39 is 15.8 Å². The van der Waals surface area contributed by atoms with E-state index in [4.69, 9.17) is 4.74 Å². The third-order valence-corrected chi connectivity index (χ3v) is 5.31. The Hall–Kier alpha value is -3.31. The van der Waals surface area contributed by atoms with Crippen molar-refractivity contribution in [1.29, 1.82) is 0 Å². The zero-order chi connectivity index (χ0) is 21.4. The van der Waals surface area contributed by atoms with Crippen LogP contribution in [0.3, 0.4) is 0 Å². The molecule has 0 saturated carbocycles. The van der Waals surface area contributed by atoms with E-state index >= 15 is 0 Å². The summed E-state index contributed by atoms with van der Waals surface area (Å²) in [7, 11) is -3.85. The lowest BCUT2D eigenvalue weighted by molar-refractivity contribution is 0.321. The third kappa shape index (κ3) is 5.84. The van der Waals surface area contributed by atoms with Crippen LogP contribution in [-0.2, 0) is 10.0 Å². The summed E-state index contributed by atoms with van der Waals surface area (Å²) in [6.45, 7) is 2.35. The molecule has 11 heteroatoms. The Labute approximate surface area is 173 Å². The first-order valence-electron chi connectivity index (χ1n) is 9.14. The topological polar surface area (TPSA) is 118 Å². The molecule has 3 N–H and O–H groups in total. The van der Waals surface area contributed by atoms with Gasteiger partial charge in [-0.15, -0.1) is 10.2 Å². The molecule has 2 aromatic heterocycles. The molecule has 1 aromatic carbocycles. The van der Waals surface area contributed by atoms with Crippen LogP contribution in [0.2, 0.25) is 0 Å². The molecule has 0 radical (unpaired) electrons. The SMILES string of the molecule is CCOc1ccc(S(=O)(=O)NCCNc2ccc(Nc3ccncc3)nn2)cc1F. The average molecular weight is 432 g/mol. The van der Waals surface area contributed by atoms with Gasteiger partial charge in [-0.1, -0.05) is 0 Å². The summed E-state index contributed by atoms with van der Waals surface area (Å²) in [5.41, 5.74) is 0.833. The third-order valence-electron chi connectivity index (χ3n) is 3.85. The molecule has 0 aliphatic carbocycles. The number of hydrogen-bond donors (Lipinski definition) is 3. The van der Waals surface area contributed by atoms with Crippen LogP contribution in [-0.4, -0.2) is 43.3 Å². The largest absolute Gasteiger partial charge is 0.491 e. The van der Waals surface area contributed by atoms with E-state index in [0.717, 1.165) is 11.8 Å². The zero-order valence-electron chi connectivity index (χ0n) is 16.2. The summed E-state index contributed by atoms with van der Waals surface area (Å²) >= 11 is 0. The fourth-order valence-corrected chi connectivity index (χ4v) is 3.50. The monoisotopic (exact) mass is 432 g/mol. The van der Waals surface area contributed by atoms with Gasteiger partial charge in [0.25, 0.3) is 0 Å². The summed E-state index contributed by atoms with van der Waals surface area (Å²) in [4.78, 5) is 3.76. The minimum Gasteiger partial charge on any atom is -0.491 e. The summed E-state index contributed by atoms with van der Waals surface area (Å²) in [6, 6.07) is 10.6. The predicted molar refractivity (Wildman–Crippen MR) is 111 cm³/mol. The van der Waals surface area contributed by atoms with Crippen LogP contribution in [0.5, 0.6) is 5.75 Å². The highest BCUT2D eigenvalue weighted by atomic mass is 32.2. The molecule has 3 aromatic rings. The van der Waals surface area contributed by atoms with Crippen molar-refractivity contribution in [1.82, 2.24) is 19.9 Å². The van der Waals surface area contributed by atoms with Gasteiger partial charge >= 0.3 is 0 Å². The van der Waals surface area contributed by atoms with Crippen molar-refractivity contribution >= 4 is 27.3 Å². The van der Waals surface area contributed by atoms with Gasteiger partial charge in [-0.3, -0.25) is 4.98 Å². The van der Waals surface area contributed by atoms with Gasteiger partial charge in [0.05, 0.1) is 11.5 Å². The molecule has 0 atom stereocenters. The van der Waals surface area contributed by atoms with Crippen LogP contribution in [0.15, 0.2) is 59.8 Å². The van der Waals surface area contributed by atoms with E-state index in [-0.39, 0.29) is 30.3 Å². The maximum absolute atomic E-state index is 13.9. The molecule has 158 valence electrons. The number of ether oxygens (including phenoxy) is 1. The van der Waals surface area contributed by atoms with Crippen LogP contribution in [0, 0.1) is 5.82 Å². The Morgan fingerprint density at radius 2 is 1.73 bits per heavy atom. The van der Waals surface area contributed by atoms with Crippen LogP contribution >= 0.6 is 0 Å². The van der Waals surface area contributed by atoms with Crippen molar-refractivity contribution < 1.29 is 17.5 Å². The standard InChI is InChI=1S/C19H21FN6O3S/c1-2-29-17-4-3-15(13-16(17)20)30(27,28)23-12-11-22-18-5-6-19(26-25-18)24-14-7-9-21-10-8-14/h3-10,13,23H,2,11-12H2,1H3,(H,22,25)(H,21,24,26). The molecule has 0 unspecified atom stereocenters. The molecule has 9 nitrogen and oxygen atoms in total. The fourth-order valence-electron chi connectivity index (χ4n) is 2.46. The number of benzene rings is 1. The van der Waals surface area contributed by atoms with Crippen molar-refractivity contribution in [3.05, 3.63) is 60.7 Å². The van der Waals surface area contributed by atoms with Gasteiger partial charge in [-0.05, 0) is 49.4 Å².